The predicted molar refractivity (Wildman–Crippen MR) is 118 cm³/mol. The van der Waals surface area contributed by atoms with Gasteiger partial charge in [-0.1, -0.05) is 0 Å². The van der Waals surface area contributed by atoms with Crippen LogP contribution in [0.25, 0.3) is 0 Å². The molecule has 0 aromatic heterocycles. The monoisotopic (exact) mass is 526 g/mol. The lowest BCUT2D eigenvalue weighted by Gasteiger charge is -2.36. The molecule has 2 atom stereocenters. The molecule has 0 radical (unpaired) electrons. The zero-order valence-corrected chi connectivity index (χ0v) is 19.4. The molecule has 4 fully saturated rings. The minimum Gasteiger partial charge on any atom is -0.381 e. The highest BCUT2D eigenvalue weighted by Gasteiger charge is 2.36. The average molecular weight is 526 g/mol. The summed E-state index contributed by atoms with van der Waals surface area (Å²) in [6.45, 7) is 4.71. The molecule has 28 heavy (non-hydrogen) atoms. The Hall–Kier alpha value is -0.620. The third-order valence-corrected chi connectivity index (χ3v) is 7.78. The van der Waals surface area contributed by atoms with Crippen LogP contribution in [0.4, 0.5) is 0 Å². The SMILES string of the molecule is I.O=C1CN(C(=NCC2CCS(=O)(=O)C2)NCC2CCOC2)CCN1C1CC1. The summed E-state index contributed by atoms with van der Waals surface area (Å²) < 4.78 is 28.8. The Morgan fingerprint density at radius 3 is 2.61 bits per heavy atom. The van der Waals surface area contributed by atoms with Crippen molar-refractivity contribution in [2.24, 2.45) is 16.8 Å². The summed E-state index contributed by atoms with van der Waals surface area (Å²) >= 11 is 0. The molecule has 1 N–H and O–H groups in total. The fraction of sp³-hybridized carbons (Fsp3) is 0.889. The van der Waals surface area contributed by atoms with Crippen LogP contribution >= 0.6 is 24.0 Å². The van der Waals surface area contributed by atoms with Crippen LogP contribution in [-0.4, -0.2) is 93.6 Å². The number of ether oxygens (including phenoxy) is 1. The molecule has 0 bridgehead atoms. The maximum atomic E-state index is 12.5. The van der Waals surface area contributed by atoms with E-state index in [0.717, 1.165) is 58.1 Å². The van der Waals surface area contributed by atoms with Crippen LogP contribution in [0.1, 0.15) is 25.7 Å². The van der Waals surface area contributed by atoms with E-state index < -0.39 is 9.84 Å². The number of nitrogens with one attached hydrogen (secondary N) is 1. The van der Waals surface area contributed by atoms with Crippen molar-refractivity contribution in [1.82, 2.24) is 15.1 Å². The molecule has 3 aliphatic heterocycles. The molecule has 4 rings (SSSR count). The van der Waals surface area contributed by atoms with Gasteiger partial charge in [-0.05, 0) is 31.6 Å². The molecular weight excluding hydrogens is 495 g/mol. The van der Waals surface area contributed by atoms with Gasteiger partial charge in [0.15, 0.2) is 15.8 Å². The number of rotatable bonds is 5. The molecule has 8 nitrogen and oxygen atoms in total. The largest absolute Gasteiger partial charge is 0.381 e. The summed E-state index contributed by atoms with van der Waals surface area (Å²) in [5.41, 5.74) is 0. The van der Waals surface area contributed by atoms with E-state index in [1.54, 1.807) is 0 Å². The third-order valence-electron chi connectivity index (χ3n) is 5.94. The van der Waals surface area contributed by atoms with E-state index in [-0.39, 0.29) is 47.3 Å². The predicted octanol–water partition coefficient (Wildman–Crippen LogP) is 0.328. The molecule has 10 heteroatoms. The number of sulfone groups is 1. The number of carbonyl (C=O) groups excluding carboxylic acids is 1. The molecule has 0 aromatic rings. The van der Waals surface area contributed by atoms with Gasteiger partial charge in [-0.2, -0.15) is 0 Å². The highest BCUT2D eigenvalue weighted by molar-refractivity contribution is 14.0. The van der Waals surface area contributed by atoms with Crippen LogP contribution < -0.4 is 5.32 Å². The van der Waals surface area contributed by atoms with Crippen molar-refractivity contribution in [2.75, 3.05) is 57.4 Å². The van der Waals surface area contributed by atoms with Gasteiger partial charge >= 0.3 is 0 Å². The van der Waals surface area contributed by atoms with Crippen molar-refractivity contribution in [3.63, 3.8) is 0 Å². The van der Waals surface area contributed by atoms with Gasteiger partial charge in [-0.15, -0.1) is 24.0 Å². The van der Waals surface area contributed by atoms with Gasteiger partial charge in [-0.3, -0.25) is 9.79 Å². The molecule has 3 heterocycles. The number of nitrogens with zero attached hydrogens (tertiary/aromatic N) is 3. The Labute approximate surface area is 184 Å². The maximum absolute atomic E-state index is 12.5. The van der Waals surface area contributed by atoms with Crippen LogP contribution in [0, 0.1) is 11.8 Å². The minimum absolute atomic E-state index is 0. The first kappa shape index (κ1) is 22.1. The van der Waals surface area contributed by atoms with Crippen molar-refractivity contribution < 1.29 is 17.9 Å². The summed E-state index contributed by atoms with van der Waals surface area (Å²) in [6, 6.07) is 0.451. The molecule has 1 saturated carbocycles. The van der Waals surface area contributed by atoms with E-state index in [0.29, 0.717) is 31.5 Å². The highest BCUT2D eigenvalue weighted by Crippen LogP contribution is 2.28. The lowest BCUT2D eigenvalue weighted by Crippen LogP contribution is -2.56. The Morgan fingerprint density at radius 1 is 1.18 bits per heavy atom. The third kappa shape index (κ3) is 5.71. The van der Waals surface area contributed by atoms with Crippen LogP contribution in [-0.2, 0) is 19.4 Å². The second-order valence-electron chi connectivity index (χ2n) is 8.28. The summed E-state index contributed by atoms with van der Waals surface area (Å²) in [5.74, 6) is 1.97. The second kappa shape index (κ2) is 9.46. The molecule has 2 unspecified atom stereocenters. The zero-order chi connectivity index (χ0) is 18.9. The van der Waals surface area contributed by atoms with Gasteiger partial charge in [0.05, 0.1) is 24.7 Å². The van der Waals surface area contributed by atoms with E-state index >= 15 is 0 Å². The second-order valence-corrected chi connectivity index (χ2v) is 10.5. The van der Waals surface area contributed by atoms with E-state index in [4.69, 9.17) is 9.73 Å². The summed E-state index contributed by atoms with van der Waals surface area (Å²) in [6.07, 6.45) is 3.98. The smallest absolute Gasteiger partial charge is 0.242 e. The molecule has 4 aliphatic rings. The van der Waals surface area contributed by atoms with Gasteiger partial charge < -0.3 is 19.9 Å². The van der Waals surface area contributed by atoms with Gasteiger partial charge in [0.1, 0.15) is 0 Å². The molecule has 0 aromatic carbocycles. The molecule has 3 saturated heterocycles. The van der Waals surface area contributed by atoms with E-state index in [1.807, 2.05) is 9.80 Å². The number of hydrogen-bond acceptors (Lipinski definition) is 5. The van der Waals surface area contributed by atoms with E-state index in [2.05, 4.69) is 5.32 Å². The minimum atomic E-state index is -2.89. The zero-order valence-electron chi connectivity index (χ0n) is 16.2. The van der Waals surface area contributed by atoms with Crippen molar-refractivity contribution in [2.45, 2.75) is 31.7 Å². The first-order chi connectivity index (χ1) is 13.0. The normalized spacial score (nSPS) is 30.4. The summed E-state index contributed by atoms with van der Waals surface area (Å²) in [5, 5.41) is 3.43. The quantitative estimate of drug-likeness (QED) is 0.316. The van der Waals surface area contributed by atoms with Crippen molar-refractivity contribution >= 4 is 45.7 Å². The first-order valence-electron chi connectivity index (χ1n) is 10.1. The number of amides is 1. The van der Waals surface area contributed by atoms with Crippen LogP contribution in [0.5, 0.6) is 0 Å². The Kier molecular flexibility index (Phi) is 7.46. The molecule has 0 spiro atoms. The van der Waals surface area contributed by atoms with Crippen LogP contribution in [0.2, 0.25) is 0 Å². The van der Waals surface area contributed by atoms with Crippen LogP contribution in [0.15, 0.2) is 4.99 Å². The molecule has 1 amide bonds. The molecule has 160 valence electrons. The number of hydrogen-bond donors (Lipinski definition) is 1. The van der Waals surface area contributed by atoms with Gasteiger partial charge in [0.25, 0.3) is 0 Å². The Balaban J connectivity index is 0.00000225. The first-order valence-corrected chi connectivity index (χ1v) is 11.9. The average Bonchev–Trinajstić information content (AvgIpc) is 3.21. The van der Waals surface area contributed by atoms with Crippen molar-refractivity contribution in [1.29, 1.82) is 0 Å². The number of piperazine rings is 1. The number of guanidine groups is 1. The summed E-state index contributed by atoms with van der Waals surface area (Å²) in [4.78, 5) is 21.3. The number of aliphatic imine (C=N–C) groups is 1. The maximum Gasteiger partial charge on any atom is 0.242 e. The van der Waals surface area contributed by atoms with Crippen LogP contribution in [0.3, 0.4) is 0 Å². The van der Waals surface area contributed by atoms with Gasteiger partial charge in [0.2, 0.25) is 5.91 Å². The lowest BCUT2D eigenvalue weighted by molar-refractivity contribution is -0.135. The highest BCUT2D eigenvalue weighted by atomic mass is 127. The standard InChI is InChI=1S/C18H30N4O4S.HI/c23-17-11-21(5-6-22(17)16-1-2-16)18(19-9-14-3-7-26-12-14)20-10-15-4-8-27(24,25)13-15;/h14-16H,1-13H2,(H,19,20);1H. The van der Waals surface area contributed by atoms with Gasteiger partial charge in [-0.25, -0.2) is 8.42 Å². The summed E-state index contributed by atoms with van der Waals surface area (Å²) in [7, 11) is -2.89. The number of halogens is 1. The van der Waals surface area contributed by atoms with Crippen molar-refractivity contribution in [3.8, 4) is 0 Å². The Bertz CT molecular complexity index is 692. The fourth-order valence-electron chi connectivity index (χ4n) is 4.12. The Morgan fingerprint density at radius 2 is 2.00 bits per heavy atom. The van der Waals surface area contributed by atoms with E-state index in [9.17, 15) is 13.2 Å². The number of carbonyl (C=O) groups is 1. The van der Waals surface area contributed by atoms with E-state index in [1.165, 1.54) is 0 Å². The fourth-order valence-corrected chi connectivity index (χ4v) is 5.97. The van der Waals surface area contributed by atoms with Gasteiger partial charge in [0, 0.05) is 44.7 Å². The van der Waals surface area contributed by atoms with Crippen molar-refractivity contribution in [3.05, 3.63) is 0 Å². The topological polar surface area (TPSA) is 91.3 Å². The molecular formula is C18H31IN4O4S. The lowest BCUT2D eigenvalue weighted by atomic mass is 10.1. The molecule has 1 aliphatic carbocycles.